The van der Waals surface area contributed by atoms with Crippen LogP contribution >= 0.6 is 0 Å². The second kappa shape index (κ2) is 6.38. The molecule has 0 heterocycles. The highest BCUT2D eigenvalue weighted by atomic mass is 16.3. The van der Waals surface area contributed by atoms with Crippen molar-refractivity contribution in [2.75, 3.05) is 6.61 Å². The Balaban J connectivity index is 2.48. The highest BCUT2D eigenvalue weighted by Gasteiger charge is 2.39. The first-order chi connectivity index (χ1) is 8.27. The lowest BCUT2D eigenvalue weighted by atomic mass is 9.60. The monoisotopic (exact) mass is 256 g/mol. The molecule has 0 aliphatic heterocycles. The standard InChI is InChI=1S/C16H32O2/c1-15(2,18)11-6-9-13-7-5-8-14(10-12-17)16(13,3)4/h13-14,17-18H,5-12H2,1-4H3/t13-,14+/m1/s1. The summed E-state index contributed by atoms with van der Waals surface area (Å²) in [6.07, 6.45) is 8.08. The second-order valence-corrected chi connectivity index (χ2v) is 7.36. The Morgan fingerprint density at radius 2 is 1.67 bits per heavy atom. The van der Waals surface area contributed by atoms with Gasteiger partial charge < -0.3 is 10.2 Å². The fourth-order valence-electron chi connectivity index (χ4n) is 3.66. The predicted molar refractivity (Wildman–Crippen MR) is 76.5 cm³/mol. The summed E-state index contributed by atoms with van der Waals surface area (Å²) in [5.41, 5.74) is -0.177. The number of rotatable bonds is 6. The van der Waals surface area contributed by atoms with Crippen molar-refractivity contribution in [2.24, 2.45) is 17.3 Å². The van der Waals surface area contributed by atoms with Crippen molar-refractivity contribution in [3.63, 3.8) is 0 Å². The summed E-state index contributed by atoms with van der Waals surface area (Å²) in [6.45, 7) is 8.87. The molecule has 2 atom stereocenters. The lowest BCUT2D eigenvalue weighted by molar-refractivity contribution is 0.0262. The van der Waals surface area contributed by atoms with E-state index in [1.165, 1.54) is 25.7 Å². The van der Waals surface area contributed by atoms with E-state index in [0.717, 1.165) is 25.2 Å². The summed E-state index contributed by atoms with van der Waals surface area (Å²) >= 11 is 0. The fraction of sp³-hybridized carbons (Fsp3) is 1.00. The zero-order valence-corrected chi connectivity index (χ0v) is 12.7. The van der Waals surface area contributed by atoms with Gasteiger partial charge in [0, 0.05) is 6.61 Å². The lowest BCUT2D eigenvalue weighted by Gasteiger charge is -2.45. The van der Waals surface area contributed by atoms with Crippen LogP contribution in [0.5, 0.6) is 0 Å². The highest BCUT2D eigenvalue weighted by Crippen LogP contribution is 2.48. The highest BCUT2D eigenvalue weighted by molar-refractivity contribution is 4.89. The normalized spacial score (nSPS) is 28.3. The van der Waals surface area contributed by atoms with Crippen molar-refractivity contribution >= 4 is 0 Å². The molecule has 1 aliphatic carbocycles. The van der Waals surface area contributed by atoms with Crippen LogP contribution in [-0.2, 0) is 0 Å². The molecule has 2 N–H and O–H groups in total. The van der Waals surface area contributed by atoms with Crippen LogP contribution in [0, 0.1) is 17.3 Å². The summed E-state index contributed by atoms with van der Waals surface area (Å²) in [5.74, 6) is 1.42. The molecule has 1 aliphatic rings. The van der Waals surface area contributed by atoms with Gasteiger partial charge in [-0.15, -0.1) is 0 Å². The Labute approximate surface area is 113 Å². The van der Waals surface area contributed by atoms with E-state index >= 15 is 0 Å². The molecule has 18 heavy (non-hydrogen) atoms. The van der Waals surface area contributed by atoms with Gasteiger partial charge in [0.25, 0.3) is 0 Å². The molecule has 2 nitrogen and oxygen atoms in total. The first-order valence-corrected chi connectivity index (χ1v) is 7.60. The fourth-order valence-corrected chi connectivity index (χ4v) is 3.66. The number of hydrogen-bond donors (Lipinski definition) is 2. The zero-order chi connectivity index (χ0) is 13.8. The molecule has 1 saturated carbocycles. The van der Waals surface area contributed by atoms with Gasteiger partial charge in [0.15, 0.2) is 0 Å². The minimum Gasteiger partial charge on any atom is -0.396 e. The molecular formula is C16H32O2. The van der Waals surface area contributed by atoms with Crippen molar-refractivity contribution < 1.29 is 10.2 Å². The van der Waals surface area contributed by atoms with Crippen LogP contribution in [0.25, 0.3) is 0 Å². The van der Waals surface area contributed by atoms with Crippen LogP contribution in [-0.4, -0.2) is 22.4 Å². The summed E-state index contributed by atoms with van der Waals surface area (Å²) < 4.78 is 0. The molecule has 2 heteroatoms. The van der Waals surface area contributed by atoms with Gasteiger partial charge in [-0.1, -0.05) is 26.7 Å². The quantitative estimate of drug-likeness (QED) is 0.760. The van der Waals surface area contributed by atoms with E-state index in [1.807, 2.05) is 13.8 Å². The van der Waals surface area contributed by atoms with Gasteiger partial charge in [0.05, 0.1) is 5.60 Å². The molecule has 0 amide bonds. The van der Waals surface area contributed by atoms with E-state index < -0.39 is 5.60 Å². The number of hydrogen-bond acceptors (Lipinski definition) is 2. The van der Waals surface area contributed by atoms with E-state index in [4.69, 9.17) is 0 Å². The van der Waals surface area contributed by atoms with Crippen molar-refractivity contribution in [2.45, 2.75) is 78.2 Å². The minimum absolute atomic E-state index is 0.324. The van der Waals surface area contributed by atoms with Gasteiger partial charge in [0.2, 0.25) is 0 Å². The van der Waals surface area contributed by atoms with E-state index in [2.05, 4.69) is 13.8 Å². The van der Waals surface area contributed by atoms with Crippen LogP contribution in [0.1, 0.15) is 72.6 Å². The number of aliphatic hydroxyl groups is 2. The van der Waals surface area contributed by atoms with Gasteiger partial charge in [0.1, 0.15) is 0 Å². The van der Waals surface area contributed by atoms with Gasteiger partial charge in [-0.05, 0) is 63.2 Å². The SMILES string of the molecule is CC(C)(O)CCC[C@H]1CCC[C@@H](CCO)C1(C)C. The second-order valence-electron chi connectivity index (χ2n) is 7.36. The average Bonchev–Trinajstić information content (AvgIpc) is 2.22. The van der Waals surface area contributed by atoms with Crippen LogP contribution < -0.4 is 0 Å². The summed E-state index contributed by atoms with van der Waals surface area (Å²) in [5, 5.41) is 19.0. The Kier molecular flexibility index (Phi) is 5.67. The molecule has 108 valence electrons. The van der Waals surface area contributed by atoms with Crippen LogP contribution in [0.4, 0.5) is 0 Å². The van der Waals surface area contributed by atoms with Crippen molar-refractivity contribution in [3.8, 4) is 0 Å². The van der Waals surface area contributed by atoms with Crippen molar-refractivity contribution in [3.05, 3.63) is 0 Å². The van der Waals surface area contributed by atoms with Gasteiger partial charge in [-0.3, -0.25) is 0 Å². The third kappa shape index (κ3) is 4.55. The Bertz CT molecular complexity index is 238. The first-order valence-electron chi connectivity index (χ1n) is 7.60. The smallest absolute Gasteiger partial charge is 0.0591 e. The molecule has 0 aromatic heterocycles. The van der Waals surface area contributed by atoms with Crippen molar-refractivity contribution in [1.82, 2.24) is 0 Å². The van der Waals surface area contributed by atoms with E-state index in [-0.39, 0.29) is 0 Å². The maximum Gasteiger partial charge on any atom is 0.0591 e. The topological polar surface area (TPSA) is 40.5 Å². The summed E-state index contributed by atoms with van der Waals surface area (Å²) in [7, 11) is 0. The third-order valence-corrected chi connectivity index (χ3v) is 5.03. The van der Waals surface area contributed by atoms with E-state index in [1.54, 1.807) is 0 Å². The minimum atomic E-state index is -0.524. The first kappa shape index (κ1) is 16.0. The van der Waals surface area contributed by atoms with Gasteiger partial charge in [-0.25, -0.2) is 0 Å². The Morgan fingerprint density at radius 1 is 1.11 bits per heavy atom. The molecule has 0 aromatic rings. The largest absolute Gasteiger partial charge is 0.396 e. The summed E-state index contributed by atoms with van der Waals surface area (Å²) in [6, 6.07) is 0. The third-order valence-electron chi connectivity index (χ3n) is 5.03. The number of aliphatic hydroxyl groups excluding tert-OH is 1. The van der Waals surface area contributed by atoms with Crippen LogP contribution in [0.3, 0.4) is 0 Å². The molecule has 0 unspecified atom stereocenters. The van der Waals surface area contributed by atoms with Crippen LogP contribution in [0.15, 0.2) is 0 Å². The van der Waals surface area contributed by atoms with Crippen LogP contribution in [0.2, 0.25) is 0 Å². The molecule has 0 aromatic carbocycles. The molecular weight excluding hydrogens is 224 g/mol. The molecule has 0 spiro atoms. The average molecular weight is 256 g/mol. The Morgan fingerprint density at radius 3 is 2.17 bits per heavy atom. The van der Waals surface area contributed by atoms with Crippen molar-refractivity contribution in [1.29, 1.82) is 0 Å². The predicted octanol–water partition coefficient (Wildman–Crippen LogP) is 3.75. The maximum absolute atomic E-state index is 9.78. The van der Waals surface area contributed by atoms with E-state index in [0.29, 0.717) is 17.9 Å². The molecule has 0 saturated heterocycles. The summed E-state index contributed by atoms with van der Waals surface area (Å²) in [4.78, 5) is 0. The Hall–Kier alpha value is -0.0800. The molecule has 1 rings (SSSR count). The van der Waals surface area contributed by atoms with Gasteiger partial charge in [-0.2, -0.15) is 0 Å². The molecule has 0 radical (unpaired) electrons. The van der Waals surface area contributed by atoms with Gasteiger partial charge >= 0.3 is 0 Å². The zero-order valence-electron chi connectivity index (χ0n) is 12.7. The van der Waals surface area contributed by atoms with E-state index in [9.17, 15) is 10.2 Å². The molecule has 1 fully saturated rings. The molecule has 0 bridgehead atoms. The maximum atomic E-state index is 9.78. The lowest BCUT2D eigenvalue weighted by Crippen LogP contribution is -2.37.